The number of hydrogen-bond donors (Lipinski definition) is 2. The fourth-order valence-electron chi connectivity index (χ4n) is 6.61. The van der Waals surface area contributed by atoms with Crippen molar-refractivity contribution in [1.82, 2.24) is 29.6 Å². The molecule has 11 heteroatoms. The van der Waals surface area contributed by atoms with E-state index in [1.807, 2.05) is 52.3 Å². The summed E-state index contributed by atoms with van der Waals surface area (Å²) in [5, 5.41) is 6.48. The lowest BCUT2D eigenvalue weighted by Crippen LogP contribution is -2.52. The van der Waals surface area contributed by atoms with E-state index < -0.39 is 0 Å². The molecule has 0 aliphatic carbocycles. The third kappa shape index (κ3) is 7.42. The number of anilines is 1. The Morgan fingerprint density at radius 3 is 2.57 bits per heavy atom. The highest BCUT2D eigenvalue weighted by molar-refractivity contribution is 9.13. The molecule has 4 aromatic rings. The minimum absolute atomic E-state index is 0.0539. The molecule has 0 saturated carbocycles. The predicted octanol–water partition coefficient (Wildman–Crippen LogP) is 7.06. The van der Waals surface area contributed by atoms with Crippen molar-refractivity contribution in [1.29, 1.82) is 0 Å². The zero-order chi connectivity index (χ0) is 32.2. The summed E-state index contributed by atoms with van der Waals surface area (Å²) in [5.41, 5.74) is 5.15. The zero-order valence-electron chi connectivity index (χ0n) is 26.4. The molecule has 2 aliphatic heterocycles. The van der Waals surface area contributed by atoms with Crippen molar-refractivity contribution < 1.29 is 9.59 Å². The van der Waals surface area contributed by atoms with Crippen LogP contribution in [-0.4, -0.2) is 82.6 Å². The molecule has 3 heterocycles. The van der Waals surface area contributed by atoms with Crippen LogP contribution in [0.25, 0.3) is 11.0 Å². The number of para-hydroxylation sites is 3. The van der Waals surface area contributed by atoms with E-state index in [-0.39, 0.29) is 24.1 Å². The van der Waals surface area contributed by atoms with Crippen LogP contribution in [0, 0.1) is 0 Å². The first kappa shape index (κ1) is 32.5. The van der Waals surface area contributed by atoms with Gasteiger partial charge in [-0.2, -0.15) is 0 Å². The summed E-state index contributed by atoms with van der Waals surface area (Å²) in [6.45, 7) is 3.61. The van der Waals surface area contributed by atoms with Crippen molar-refractivity contribution in [3.05, 3.63) is 92.6 Å². The van der Waals surface area contributed by atoms with E-state index in [1.165, 1.54) is 0 Å². The van der Waals surface area contributed by atoms with E-state index in [4.69, 9.17) is 4.98 Å². The highest BCUT2D eigenvalue weighted by Gasteiger charge is 2.32. The largest absolute Gasteiger partial charge is 0.328 e. The van der Waals surface area contributed by atoms with Gasteiger partial charge in [0, 0.05) is 46.9 Å². The number of rotatable bonds is 9. The molecular formula is C35H41Br2N7O2. The number of nitrogens with zero attached hydrogens (tertiary/aromatic N) is 5. The van der Waals surface area contributed by atoms with E-state index in [1.54, 1.807) is 0 Å². The highest BCUT2D eigenvalue weighted by Crippen LogP contribution is 2.29. The monoisotopic (exact) mass is 749 g/mol. The van der Waals surface area contributed by atoms with Gasteiger partial charge in [-0.05, 0) is 126 Å². The number of likely N-dealkylation sites (tertiary alicyclic amines) is 1. The number of imidazole rings is 1. The minimum atomic E-state index is -0.333. The molecule has 0 radical (unpaired) electrons. The Hall–Kier alpha value is -3.41. The molecule has 0 unspecified atom stereocenters. The molecule has 9 nitrogen and oxygen atoms in total. The number of carbonyl (C=O) groups excluding carboxylic acids is 2. The Labute approximate surface area is 287 Å². The fraction of sp³-hybridized carbons (Fsp3) is 0.400. The van der Waals surface area contributed by atoms with E-state index >= 15 is 0 Å². The maximum atomic E-state index is 13.9. The molecule has 6 rings (SSSR count). The van der Waals surface area contributed by atoms with Crippen molar-refractivity contribution in [2.75, 3.05) is 45.6 Å². The zero-order valence-corrected chi connectivity index (χ0v) is 29.6. The van der Waals surface area contributed by atoms with Gasteiger partial charge in [-0.15, -0.1) is 0 Å². The molecule has 46 heavy (non-hydrogen) atoms. The number of benzene rings is 3. The summed E-state index contributed by atoms with van der Waals surface area (Å²) in [4.78, 5) is 38.2. The number of aromatic nitrogens is 2. The summed E-state index contributed by atoms with van der Waals surface area (Å²) < 4.78 is 4.23. The number of urea groups is 2. The maximum Gasteiger partial charge on any atom is 0.322 e. The summed E-state index contributed by atoms with van der Waals surface area (Å²) in [6.07, 6.45) is 3.86. The topological polar surface area (TPSA) is 85.7 Å². The number of nitrogens with one attached hydrogen (secondary N) is 2. The lowest BCUT2D eigenvalue weighted by atomic mass is 10.0. The molecule has 1 atom stereocenters. The van der Waals surface area contributed by atoms with Gasteiger partial charge in [0.05, 0.1) is 17.1 Å². The molecule has 3 aromatic carbocycles. The Morgan fingerprint density at radius 2 is 1.78 bits per heavy atom. The number of piperidine rings is 1. The number of amides is 4. The smallest absolute Gasteiger partial charge is 0.322 e. The van der Waals surface area contributed by atoms with Crippen LogP contribution in [0.3, 0.4) is 0 Å². The van der Waals surface area contributed by atoms with Crippen LogP contribution in [0.5, 0.6) is 0 Å². The average Bonchev–Trinajstić information content (AvgIpc) is 3.32. The fourth-order valence-corrected chi connectivity index (χ4v) is 7.28. The van der Waals surface area contributed by atoms with Gasteiger partial charge < -0.3 is 29.9 Å². The van der Waals surface area contributed by atoms with Gasteiger partial charge in [0.2, 0.25) is 0 Å². The molecule has 242 valence electrons. The maximum absolute atomic E-state index is 13.9. The Balaban J connectivity index is 1.19. The normalized spacial score (nSPS) is 16.3. The molecule has 4 amide bonds. The van der Waals surface area contributed by atoms with E-state index in [0.717, 1.165) is 81.4 Å². The second-order valence-electron chi connectivity index (χ2n) is 12.5. The summed E-state index contributed by atoms with van der Waals surface area (Å²) >= 11 is 7.24. The standard InChI is InChI=1S/C35H41Br2N7O2/c1-41(2)17-7-18-44-32-11-6-5-10-30(32)38-33(44)31(23-24-12-13-27(36)28(37)22-24)40-34(45)42-19-15-26(16-20-42)43-21-14-25-8-3-4-9-29(25)39-35(43)46/h3-6,8-13,22,26,31H,7,14-21,23H2,1-2H3,(H,39,46)(H,40,45)/t31-/m1/s1. The van der Waals surface area contributed by atoms with Crippen molar-refractivity contribution in [2.24, 2.45) is 0 Å². The molecule has 1 aromatic heterocycles. The second-order valence-corrected chi connectivity index (χ2v) is 14.2. The van der Waals surface area contributed by atoms with Gasteiger partial charge >= 0.3 is 12.1 Å². The van der Waals surface area contributed by atoms with Crippen molar-refractivity contribution in [3.8, 4) is 0 Å². The van der Waals surface area contributed by atoms with Crippen LogP contribution in [-0.2, 0) is 19.4 Å². The van der Waals surface area contributed by atoms with Crippen LogP contribution < -0.4 is 10.6 Å². The molecule has 1 saturated heterocycles. The Bertz CT molecular complexity index is 1700. The summed E-state index contributed by atoms with van der Waals surface area (Å²) in [6, 6.07) is 22.0. The number of hydrogen-bond acceptors (Lipinski definition) is 4. The highest BCUT2D eigenvalue weighted by atomic mass is 79.9. The first-order valence-electron chi connectivity index (χ1n) is 16.0. The van der Waals surface area contributed by atoms with Crippen LogP contribution in [0.4, 0.5) is 15.3 Å². The van der Waals surface area contributed by atoms with Gasteiger partial charge in [-0.3, -0.25) is 0 Å². The summed E-state index contributed by atoms with van der Waals surface area (Å²) in [5.74, 6) is 0.864. The Kier molecular flexibility index (Phi) is 10.3. The average molecular weight is 752 g/mol. The van der Waals surface area contributed by atoms with Crippen LogP contribution in [0.15, 0.2) is 75.7 Å². The Morgan fingerprint density at radius 1 is 1.02 bits per heavy atom. The van der Waals surface area contributed by atoms with E-state index in [9.17, 15) is 9.59 Å². The van der Waals surface area contributed by atoms with E-state index in [2.05, 4.69) is 90.3 Å². The van der Waals surface area contributed by atoms with Crippen LogP contribution in [0.2, 0.25) is 0 Å². The van der Waals surface area contributed by atoms with Crippen LogP contribution >= 0.6 is 31.9 Å². The van der Waals surface area contributed by atoms with Crippen LogP contribution in [0.1, 0.15) is 42.3 Å². The van der Waals surface area contributed by atoms with Gasteiger partial charge in [0.1, 0.15) is 5.82 Å². The lowest BCUT2D eigenvalue weighted by molar-refractivity contribution is 0.133. The first-order chi connectivity index (χ1) is 22.3. The van der Waals surface area contributed by atoms with Crippen molar-refractivity contribution >= 4 is 60.6 Å². The number of carbonyl (C=O) groups is 2. The quantitative estimate of drug-likeness (QED) is 0.192. The van der Waals surface area contributed by atoms with E-state index in [0.29, 0.717) is 26.1 Å². The minimum Gasteiger partial charge on any atom is -0.328 e. The molecule has 1 fully saturated rings. The number of aryl methyl sites for hydroxylation is 1. The molecule has 2 N–H and O–H groups in total. The van der Waals surface area contributed by atoms with Gasteiger partial charge in [0.15, 0.2) is 0 Å². The molecule has 0 spiro atoms. The third-order valence-electron chi connectivity index (χ3n) is 9.04. The van der Waals surface area contributed by atoms with Crippen molar-refractivity contribution in [2.45, 2.75) is 50.7 Å². The van der Waals surface area contributed by atoms with Gasteiger partial charge in [-0.25, -0.2) is 14.6 Å². The number of fused-ring (bicyclic) bond motifs is 2. The van der Waals surface area contributed by atoms with Crippen molar-refractivity contribution in [3.63, 3.8) is 0 Å². The first-order valence-corrected chi connectivity index (χ1v) is 17.6. The SMILES string of the molecule is CN(C)CCCn1c([C@@H](Cc2ccc(Br)c(Br)c2)NC(=O)N2CCC(N3CCc4ccccc4NC3=O)CC2)nc2ccccc21. The molecular weight excluding hydrogens is 710 g/mol. The lowest BCUT2D eigenvalue weighted by Gasteiger charge is -2.38. The third-order valence-corrected chi connectivity index (χ3v) is 10.9. The molecule has 0 bridgehead atoms. The predicted molar refractivity (Wildman–Crippen MR) is 190 cm³/mol. The van der Waals surface area contributed by atoms with Gasteiger partial charge in [0.25, 0.3) is 0 Å². The molecule has 2 aliphatic rings. The second kappa shape index (κ2) is 14.6. The van der Waals surface area contributed by atoms with Gasteiger partial charge in [-0.1, -0.05) is 36.4 Å². The summed E-state index contributed by atoms with van der Waals surface area (Å²) in [7, 11) is 4.17. The number of halogens is 2.